The van der Waals surface area contributed by atoms with Gasteiger partial charge in [0.2, 0.25) is 0 Å². The molecule has 6 heteroatoms. The van der Waals surface area contributed by atoms with Crippen molar-refractivity contribution in [1.29, 1.82) is 0 Å². The molecular formula is C17H32N2O4. The molecular weight excluding hydrogens is 296 g/mol. The van der Waals surface area contributed by atoms with E-state index in [9.17, 15) is 14.7 Å². The standard InChI is InChI=1S/C17H32N2O4/c1-11(2)10-14(15(20)21)18-12-6-8-13(9-7-12)19-16(22)23-17(3,4)5/h11-14,18H,6-10H2,1-5H3,(H,19,22)(H,20,21). The number of nitrogens with one attached hydrogen (secondary N) is 2. The smallest absolute Gasteiger partial charge is 0.407 e. The van der Waals surface area contributed by atoms with Crippen LogP contribution in [0.1, 0.15) is 66.7 Å². The van der Waals surface area contributed by atoms with Gasteiger partial charge in [0, 0.05) is 12.1 Å². The Kier molecular flexibility index (Phi) is 7.32. The molecule has 1 saturated carbocycles. The molecule has 1 aliphatic rings. The van der Waals surface area contributed by atoms with E-state index in [1.807, 2.05) is 34.6 Å². The lowest BCUT2D eigenvalue weighted by molar-refractivity contribution is -0.140. The Hall–Kier alpha value is -1.30. The first-order valence-corrected chi connectivity index (χ1v) is 8.55. The number of aliphatic carboxylic acids is 1. The number of carbonyl (C=O) groups is 2. The number of amides is 1. The van der Waals surface area contributed by atoms with Crippen molar-refractivity contribution in [2.24, 2.45) is 5.92 Å². The van der Waals surface area contributed by atoms with Gasteiger partial charge in [-0.2, -0.15) is 0 Å². The number of hydrogen-bond acceptors (Lipinski definition) is 4. The van der Waals surface area contributed by atoms with Gasteiger partial charge < -0.3 is 20.5 Å². The van der Waals surface area contributed by atoms with Crippen LogP contribution in [0.4, 0.5) is 4.79 Å². The van der Waals surface area contributed by atoms with Crippen molar-refractivity contribution in [3.8, 4) is 0 Å². The van der Waals surface area contributed by atoms with E-state index in [1.54, 1.807) is 0 Å². The first-order chi connectivity index (χ1) is 10.6. The molecule has 0 aromatic rings. The fourth-order valence-electron chi connectivity index (χ4n) is 2.87. The molecule has 1 rings (SSSR count). The molecule has 1 unspecified atom stereocenters. The second kappa shape index (κ2) is 8.52. The van der Waals surface area contributed by atoms with Crippen molar-refractivity contribution < 1.29 is 19.4 Å². The lowest BCUT2D eigenvalue weighted by Gasteiger charge is -2.32. The molecule has 1 aliphatic carbocycles. The summed E-state index contributed by atoms with van der Waals surface area (Å²) >= 11 is 0. The average Bonchev–Trinajstić information content (AvgIpc) is 2.37. The summed E-state index contributed by atoms with van der Waals surface area (Å²) < 4.78 is 5.26. The number of rotatable bonds is 6. The number of alkyl carbamates (subject to hydrolysis) is 1. The van der Waals surface area contributed by atoms with Crippen LogP contribution in [0.3, 0.4) is 0 Å². The van der Waals surface area contributed by atoms with E-state index in [0.29, 0.717) is 12.3 Å². The molecule has 0 aromatic heterocycles. The summed E-state index contributed by atoms with van der Waals surface area (Å²) in [6, 6.07) is -0.182. The molecule has 1 atom stereocenters. The summed E-state index contributed by atoms with van der Waals surface area (Å²) in [7, 11) is 0. The molecule has 0 bridgehead atoms. The Balaban J connectivity index is 2.37. The summed E-state index contributed by atoms with van der Waals surface area (Å²) in [6.45, 7) is 9.58. The second-order valence-electron chi connectivity index (χ2n) is 7.88. The van der Waals surface area contributed by atoms with Crippen LogP contribution in [0.2, 0.25) is 0 Å². The van der Waals surface area contributed by atoms with Crippen LogP contribution in [0, 0.1) is 5.92 Å². The number of carboxylic acids is 1. The van der Waals surface area contributed by atoms with E-state index in [2.05, 4.69) is 10.6 Å². The van der Waals surface area contributed by atoms with Crippen LogP contribution in [-0.2, 0) is 9.53 Å². The van der Waals surface area contributed by atoms with Gasteiger partial charge in [0.1, 0.15) is 11.6 Å². The van der Waals surface area contributed by atoms with Gasteiger partial charge in [0.05, 0.1) is 0 Å². The molecule has 134 valence electrons. The molecule has 0 spiro atoms. The maximum Gasteiger partial charge on any atom is 0.407 e. The Morgan fingerprint density at radius 2 is 1.65 bits per heavy atom. The lowest BCUT2D eigenvalue weighted by Crippen LogP contribution is -2.48. The first kappa shape index (κ1) is 19.7. The van der Waals surface area contributed by atoms with E-state index >= 15 is 0 Å². The Morgan fingerprint density at radius 1 is 1.13 bits per heavy atom. The van der Waals surface area contributed by atoms with E-state index in [-0.39, 0.29) is 18.2 Å². The van der Waals surface area contributed by atoms with Crippen molar-refractivity contribution in [3.05, 3.63) is 0 Å². The van der Waals surface area contributed by atoms with Gasteiger partial charge in [-0.25, -0.2) is 4.79 Å². The summed E-state index contributed by atoms with van der Waals surface area (Å²) in [6.07, 6.45) is 3.66. The fraction of sp³-hybridized carbons (Fsp3) is 0.882. The Bertz CT molecular complexity index is 396. The third kappa shape index (κ3) is 8.21. The van der Waals surface area contributed by atoms with Crippen molar-refractivity contribution >= 4 is 12.1 Å². The SMILES string of the molecule is CC(C)CC(NC1CCC(NC(=O)OC(C)(C)C)CC1)C(=O)O. The van der Waals surface area contributed by atoms with Gasteiger partial charge in [0.15, 0.2) is 0 Å². The van der Waals surface area contributed by atoms with E-state index in [4.69, 9.17) is 4.74 Å². The molecule has 0 heterocycles. The highest BCUT2D eigenvalue weighted by molar-refractivity contribution is 5.73. The topological polar surface area (TPSA) is 87.7 Å². The molecule has 23 heavy (non-hydrogen) atoms. The number of ether oxygens (including phenoxy) is 1. The van der Waals surface area contributed by atoms with Crippen molar-refractivity contribution in [1.82, 2.24) is 10.6 Å². The molecule has 1 fully saturated rings. The summed E-state index contributed by atoms with van der Waals surface area (Å²) in [4.78, 5) is 23.1. The molecule has 0 radical (unpaired) electrons. The Morgan fingerprint density at radius 3 is 2.09 bits per heavy atom. The monoisotopic (exact) mass is 328 g/mol. The van der Waals surface area contributed by atoms with Crippen molar-refractivity contribution in [2.45, 2.75) is 90.4 Å². The van der Waals surface area contributed by atoms with E-state index < -0.39 is 17.6 Å². The second-order valence-corrected chi connectivity index (χ2v) is 7.88. The summed E-state index contributed by atoms with van der Waals surface area (Å²) in [5.41, 5.74) is -0.492. The van der Waals surface area contributed by atoms with Crippen LogP contribution >= 0.6 is 0 Å². The van der Waals surface area contributed by atoms with Crippen LogP contribution < -0.4 is 10.6 Å². The molecule has 6 nitrogen and oxygen atoms in total. The zero-order valence-corrected chi connectivity index (χ0v) is 15.0. The van der Waals surface area contributed by atoms with Crippen LogP contribution in [0.25, 0.3) is 0 Å². The van der Waals surface area contributed by atoms with Gasteiger partial charge >= 0.3 is 12.1 Å². The maximum absolute atomic E-state index is 11.8. The normalized spacial score (nSPS) is 23.4. The van der Waals surface area contributed by atoms with Crippen LogP contribution in [0.15, 0.2) is 0 Å². The van der Waals surface area contributed by atoms with E-state index in [1.165, 1.54) is 0 Å². The molecule has 3 N–H and O–H groups in total. The number of carboxylic acid groups (broad SMARTS) is 1. The van der Waals surface area contributed by atoms with Gasteiger partial charge in [-0.05, 0) is 58.8 Å². The number of hydrogen-bond donors (Lipinski definition) is 3. The lowest BCUT2D eigenvalue weighted by atomic mass is 9.90. The minimum absolute atomic E-state index is 0.108. The summed E-state index contributed by atoms with van der Waals surface area (Å²) in [5.74, 6) is -0.443. The van der Waals surface area contributed by atoms with Gasteiger partial charge in [-0.3, -0.25) is 4.79 Å². The van der Waals surface area contributed by atoms with Gasteiger partial charge in [-0.1, -0.05) is 13.8 Å². The molecule has 0 aliphatic heterocycles. The molecule has 0 aromatic carbocycles. The zero-order valence-electron chi connectivity index (χ0n) is 15.0. The minimum Gasteiger partial charge on any atom is -0.480 e. The summed E-state index contributed by atoms with van der Waals surface area (Å²) in [5, 5.41) is 15.5. The van der Waals surface area contributed by atoms with Gasteiger partial charge in [0.25, 0.3) is 0 Å². The largest absolute Gasteiger partial charge is 0.480 e. The molecule has 0 saturated heterocycles. The fourth-order valence-corrected chi connectivity index (χ4v) is 2.87. The predicted molar refractivity (Wildman–Crippen MR) is 89.4 cm³/mol. The zero-order chi connectivity index (χ0) is 17.6. The van der Waals surface area contributed by atoms with Gasteiger partial charge in [-0.15, -0.1) is 0 Å². The van der Waals surface area contributed by atoms with Crippen molar-refractivity contribution in [2.75, 3.05) is 0 Å². The highest BCUT2D eigenvalue weighted by atomic mass is 16.6. The third-order valence-electron chi connectivity index (χ3n) is 3.89. The van der Waals surface area contributed by atoms with Crippen LogP contribution in [0.5, 0.6) is 0 Å². The van der Waals surface area contributed by atoms with E-state index in [0.717, 1.165) is 25.7 Å². The Labute approximate surface area is 139 Å². The number of carbonyl (C=O) groups excluding carboxylic acids is 1. The van der Waals surface area contributed by atoms with Crippen LogP contribution in [-0.4, -0.2) is 40.9 Å². The highest BCUT2D eigenvalue weighted by Crippen LogP contribution is 2.20. The quantitative estimate of drug-likeness (QED) is 0.698. The van der Waals surface area contributed by atoms with Crippen molar-refractivity contribution in [3.63, 3.8) is 0 Å². The molecule has 1 amide bonds. The maximum atomic E-state index is 11.8. The third-order valence-corrected chi connectivity index (χ3v) is 3.89. The highest BCUT2D eigenvalue weighted by Gasteiger charge is 2.28. The average molecular weight is 328 g/mol. The predicted octanol–water partition coefficient (Wildman–Crippen LogP) is 2.91. The minimum atomic E-state index is -0.785. The first-order valence-electron chi connectivity index (χ1n) is 8.55.